The zero-order valence-corrected chi connectivity index (χ0v) is 15.6. The molecule has 0 fully saturated rings. The summed E-state index contributed by atoms with van der Waals surface area (Å²) >= 11 is 1.50. The molecule has 5 heteroatoms. The maximum atomic E-state index is 14.4. The van der Waals surface area contributed by atoms with Crippen molar-refractivity contribution in [2.75, 3.05) is 0 Å². The second kappa shape index (κ2) is 7.00. The van der Waals surface area contributed by atoms with Crippen LogP contribution in [0.15, 0.2) is 64.0 Å². The second-order valence-electron chi connectivity index (χ2n) is 6.62. The van der Waals surface area contributed by atoms with Crippen molar-refractivity contribution in [3.05, 3.63) is 75.7 Å². The van der Waals surface area contributed by atoms with Crippen molar-refractivity contribution in [2.45, 2.75) is 32.7 Å². The minimum Gasteiger partial charge on any atom is -0.255 e. The second-order valence-corrected chi connectivity index (χ2v) is 7.46. The van der Waals surface area contributed by atoms with Crippen LogP contribution in [0, 0.1) is 5.82 Å². The number of halogens is 1. The Morgan fingerprint density at radius 1 is 1.00 bits per heavy atom. The fraction of sp³-hybridized carbons (Fsp3) is 0.238. The maximum absolute atomic E-state index is 14.4. The fourth-order valence-electron chi connectivity index (χ4n) is 3.19. The molecule has 1 heterocycles. The van der Waals surface area contributed by atoms with E-state index in [2.05, 4.69) is 23.2 Å². The first-order chi connectivity index (χ1) is 12.6. The van der Waals surface area contributed by atoms with E-state index >= 15 is 0 Å². The van der Waals surface area contributed by atoms with Gasteiger partial charge in [0.1, 0.15) is 5.82 Å². The first-order valence-electron chi connectivity index (χ1n) is 8.79. The Balaban J connectivity index is 1.92. The first-order valence-corrected chi connectivity index (χ1v) is 9.67. The molecule has 0 spiro atoms. The number of fused-ring (bicyclic) bond motifs is 1. The van der Waals surface area contributed by atoms with E-state index in [1.54, 1.807) is 16.8 Å². The van der Waals surface area contributed by atoms with Gasteiger partial charge in [0.25, 0.3) is 0 Å². The molecule has 0 unspecified atom stereocenters. The van der Waals surface area contributed by atoms with E-state index in [1.807, 2.05) is 31.4 Å². The third kappa shape index (κ3) is 3.15. The van der Waals surface area contributed by atoms with Crippen LogP contribution in [0.3, 0.4) is 0 Å². The third-order valence-corrected chi connectivity index (χ3v) is 5.21. The predicted molar refractivity (Wildman–Crippen MR) is 105 cm³/mol. The van der Waals surface area contributed by atoms with E-state index in [0.717, 1.165) is 29.0 Å². The summed E-state index contributed by atoms with van der Waals surface area (Å²) in [4.78, 5) is 5.47. The van der Waals surface area contributed by atoms with Crippen molar-refractivity contribution in [2.24, 2.45) is 10.1 Å². The summed E-state index contributed by atoms with van der Waals surface area (Å²) < 4.78 is 16.2. The molecule has 1 aliphatic rings. The molecule has 0 aliphatic heterocycles. The summed E-state index contributed by atoms with van der Waals surface area (Å²) in [6.45, 7) is 4.07. The van der Waals surface area contributed by atoms with Gasteiger partial charge in [-0.15, -0.1) is 11.3 Å². The van der Waals surface area contributed by atoms with E-state index in [-0.39, 0.29) is 11.9 Å². The van der Waals surface area contributed by atoms with Crippen LogP contribution in [0.2, 0.25) is 0 Å². The number of rotatable bonds is 3. The molecule has 132 valence electrons. The molecular weight excluding hydrogens is 345 g/mol. The monoisotopic (exact) mass is 365 g/mol. The van der Waals surface area contributed by atoms with Gasteiger partial charge in [0.2, 0.25) is 4.80 Å². The van der Waals surface area contributed by atoms with Gasteiger partial charge in [-0.05, 0) is 44.4 Å². The highest BCUT2D eigenvalue weighted by molar-refractivity contribution is 7.07. The molecule has 0 N–H and O–H groups in total. The van der Waals surface area contributed by atoms with Crippen molar-refractivity contribution < 1.29 is 4.39 Å². The summed E-state index contributed by atoms with van der Waals surface area (Å²) in [6, 6.07) is 15.3. The number of hydrogen-bond donors (Lipinski definition) is 0. The largest absolute Gasteiger partial charge is 0.255 e. The number of hydrogen-bond acceptors (Lipinski definition) is 3. The molecule has 3 nitrogen and oxygen atoms in total. The Bertz CT molecular complexity index is 1040. The van der Waals surface area contributed by atoms with E-state index in [1.165, 1.54) is 28.5 Å². The number of aromatic nitrogens is 1. The topological polar surface area (TPSA) is 29.6 Å². The predicted octanol–water partition coefficient (Wildman–Crippen LogP) is 4.86. The molecule has 2 aromatic carbocycles. The van der Waals surface area contributed by atoms with Crippen molar-refractivity contribution in [3.8, 4) is 11.3 Å². The molecule has 0 saturated carbocycles. The molecule has 26 heavy (non-hydrogen) atoms. The number of aryl methyl sites for hydroxylation is 1. The average Bonchev–Trinajstić information content (AvgIpc) is 3.21. The van der Waals surface area contributed by atoms with Gasteiger partial charge in [0, 0.05) is 22.5 Å². The van der Waals surface area contributed by atoms with Gasteiger partial charge < -0.3 is 0 Å². The van der Waals surface area contributed by atoms with Crippen LogP contribution in [0.4, 0.5) is 4.39 Å². The lowest BCUT2D eigenvalue weighted by atomic mass is 10.1. The Morgan fingerprint density at radius 3 is 2.50 bits per heavy atom. The van der Waals surface area contributed by atoms with E-state index < -0.39 is 0 Å². The minimum absolute atomic E-state index is 0.143. The van der Waals surface area contributed by atoms with E-state index in [4.69, 9.17) is 5.10 Å². The quantitative estimate of drug-likeness (QED) is 0.634. The van der Waals surface area contributed by atoms with Crippen LogP contribution in [0.25, 0.3) is 11.3 Å². The summed E-state index contributed by atoms with van der Waals surface area (Å²) in [5.74, 6) is -0.248. The van der Waals surface area contributed by atoms with Gasteiger partial charge in [-0.1, -0.05) is 36.4 Å². The number of benzene rings is 2. The van der Waals surface area contributed by atoms with Crippen molar-refractivity contribution >= 4 is 17.0 Å². The maximum Gasteiger partial charge on any atom is 0.206 e. The first kappa shape index (κ1) is 16.9. The van der Waals surface area contributed by atoms with Gasteiger partial charge >= 0.3 is 0 Å². The normalized spacial score (nSPS) is 15.8. The summed E-state index contributed by atoms with van der Waals surface area (Å²) in [7, 11) is 0. The van der Waals surface area contributed by atoms with Crippen LogP contribution in [0.5, 0.6) is 0 Å². The lowest BCUT2D eigenvalue weighted by molar-refractivity contribution is 0.628. The molecule has 0 radical (unpaired) electrons. The summed E-state index contributed by atoms with van der Waals surface area (Å²) in [5.41, 5.74) is 4.81. The van der Waals surface area contributed by atoms with Crippen LogP contribution in [0.1, 0.15) is 31.4 Å². The average molecular weight is 365 g/mol. The minimum atomic E-state index is -0.248. The highest BCUT2D eigenvalue weighted by Crippen LogP contribution is 2.26. The molecule has 0 saturated heterocycles. The molecular formula is C21H20FN3S. The number of nitrogens with zero attached hydrogens (tertiary/aromatic N) is 3. The Morgan fingerprint density at radius 2 is 1.73 bits per heavy atom. The fourth-order valence-corrected chi connectivity index (χ4v) is 4.15. The lowest BCUT2D eigenvalue weighted by Gasteiger charge is -2.07. The third-order valence-electron chi connectivity index (χ3n) is 4.38. The molecule has 1 aromatic heterocycles. The van der Waals surface area contributed by atoms with Crippen molar-refractivity contribution in [1.29, 1.82) is 0 Å². The Labute approximate surface area is 156 Å². The molecule has 1 aliphatic carbocycles. The molecule has 4 rings (SSSR count). The van der Waals surface area contributed by atoms with Gasteiger partial charge in [0.05, 0.1) is 11.4 Å². The van der Waals surface area contributed by atoms with Crippen LogP contribution >= 0.6 is 11.3 Å². The van der Waals surface area contributed by atoms with Crippen molar-refractivity contribution in [1.82, 2.24) is 4.68 Å². The highest BCUT2D eigenvalue weighted by atomic mass is 32.1. The molecule has 0 atom stereocenters. The molecule has 0 bridgehead atoms. The zero-order chi connectivity index (χ0) is 18.1. The van der Waals surface area contributed by atoms with Gasteiger partial charge in [0.15, 0.2) is 0 Å². The zero-order valence-electron chi connectivity index (χ0n) is 14.8. The smallest absolute Gasteiger partial charge is 0.206 e. The van der Waals surface area contributed by atoms with E-state index in [0.29, 0.717) is 5.56 Å². The molecule has 0 amide bonds. The number of thiazole rings is 1. The summed E-state index contributed by atoms with van der Waals surface area (Å²) in [5, 5.41) is 6.85. The van der Waals surface area contributed by atoms with Crippen LogP contribution < -0.4 is 4.80 Å². The van der Waals surface area contributed by atoms with Crippen LogP contribution in [-0.2, 0) is 6.42 Å². The Hall–Kier alpha value is -2.53. The summed E-state index contributed by atoms with van der Waals surface area (Å²) in [6.07, 6.45) is 1.88. The lowest BCUT2D eigenvalue weighted by Crippen LogP contribution is -2.16. The highest BCUT2D eigenvalue weighted by Gasteiger charge is 2.19. The van der Waals surface area contributed by atoms with Crippen LogP contribution in [-0.4, -0.2) is 16.4 Å². The Kier molecular flexibility index (Phi) is 4.55. The van der Waals surface area contributed by atoms with Crippen molar-refractivity contribution in [3.63, 3.8) is 0 Å². The van der Waals surface area contributed by atoms with Gasteiger partial charge in [-0.2, -0.15) is 5.10 Å². The van der Waals surface area contributed by atoms with E-state index in [9.17, 15) is 4.39 Å². The van der Waals surface area contributed by atoms with Gasteiger partial charge in [-0.3, -0.25) is 4.99 Å². The SMILES string of the molecule is CC(C)N=c1scc(-c2ccccc2F)n1N=C1CCc2ccccc21. The molecule has 3 aromatic rings. The van der Waals surface area contributed by atoms with Gasteiger partial charge in [-0.25, -0.2) is 9.07 Å². The standard InChI is InChI=1S/C21H20FN3S/c1-14(2)23-21-25(20(13-26-21)17-9-5-6-10-18(17)22)24-19-12-11-15-7-3-4-8-16(15)19/h3-10,13-14H,11-12H2,1-2H3.